The summed E-state index contributed by atoms with van der Waals surface area (Å²) in [6.07, 6.45) is 0. The van der Waals surface area contributed by atoms with Crippen LogP contribution in [0.3, 0.4) is 0 Å². The Morgan fingerprint density at radius 1 is 1.24 bits per heavy atom. The van der Waals surface area contributed by atoms with Gasteiger partial charge in [0.15, 0.2) is 0 Å². The molecule has 0 heterocycles. The van der Waals surface area contributed by atoms with Crippen molar-refractivity contribution in [3.05, 3.63) is 63.7 Å². The normalized spacial score (nSPS) is 12.0. The van der Waals surface area contributed by atoms with E-state index in [1.807, 2.05) is 38.2 Å². The zero-order chi connectivity index (χ0) is 15.4. The fourth-order valence-electron chi connectivity index (χ4n) is 1.95. The summed E-state index contributed by atoms with van der Waals surface area (Å²) < 4.78 is 5.80. The first-order valence-electron chi connectivity index (χ1n) is 6.71. The Hall–Kier alpha value is -2.40. The van der Waals surface area contributed by atoms with E-state index in [4.69, 9.17) is 4.74 Å². The van der Waals surface area contributed by atoms with Crippen LogP contribution < -0.4 is 10.1 Å². The summed E-state index contributed by atoms with van der Waals surface area (Å²) in [5.41, 5.74) is 1.97. The molecule has 2 rings (SSSR count). The third-order valence-corrected chi connectivity index (χ3v) is 3.40. The largest absolute Gasteiger partial charge is 0.457 e. The molecule has 2 aromatic rings. The van der Waals surface area contributed by atoms with E-state index in [0.29, 0.717) is 11.5 Å². The Morgan fingerprint density at radius 3 is 2.67 bits per heavy atom. The van der Waals surface area contributed by atoms with E-state index in [1.165, 1.54) is 12.1 Å². The van der Waals surface area contributed by atoms with Crippen molar-refractivity contribution in [2.24, 2.45) is 0 Å². The van der Waals surface area contributed by atoms with Crippen LogP contribution >= 0.6 is 0 Å². The molecule has 0 saturated carbocycles. The predicted molar refractivity (Wildman–Crippen MR) is 81.8 cm³/mol. The zero-order valence-electron chi connectivity index (χ0n) is 12.3. The van der Waals surface area contributed by atoms with Gasteiger partial charge in [0.1, 0.15) is 11.5 Å². The van der Waals surface area contributed by atoms with Gasteiger partial charge in [-0.15, -0.1) is 0 Å². The molecular formula is C16H18N2O3. The second-order valence-electron chi connectivity index (χ2n) is 4.89. The first kappa shape index (κ1) is 15.0. The molecule has 0 spiro atoms. The molecular weight excluding hydrogens is 268 g/mol. The molecule has 0 saturated heterocycles. The molecule has 0 radical (unpaired) electrons. The molecule has 1 N–H and O–H groups in total. The van der Waals surface area contributed by atoms with Gasteiger partial charge in [0.2, 0.25) is 0 Å². The molecule has 0 amide bonds. The third-order valence-electron chi connectivity index (χ3n) is 3.40. The molecule has 21 heavy (non-hydrogen) atoms. The molecule has 1 unspecified atom stereocenters. The standard InChI is InChI=1S/C16H18N2O3/c1-11-7-8-14(18(19)20)10-16(11)21-15-6-4-5-13(9-15)12(2)17-3/h4-10,12,17H,1-3H3. The monoisotopic (exact) mass is 286 g/mol. The summed E-state index contributed by atoms with van der Waals surface area (Å²) in [4.78, 5) is 10.4. The minimum atomic E-state index is -0.425. The van der Waals surface area contributed by atoms with Crippen molar-refractivity contribution in [1.29, 1.82) is 0 Å². The lowest BCUT2D eigenvalue weighted by Gasteiger charge is -2.13. The summed E-state index contributed by atoms with van der Waals surface area (Å²) in [5.74, 6) is 1.16. The van der Waals surface area contributed by atoms with Crippen LogP contribution in [0.2, 0.25) is 0 Å². The van der Waals surface area contributed by atoms with E-state index in [2.05, 4.69) is 12.2 Å². The summed E-state index contributed by atoms with van der Waals surface area (Å²) in [5, 5.41) is 14.0. The number of ether oxygens (including phenoxy) is 1. The van der Waals surface area contributed by atoms with Crippen LogP contribution in [0.1, 0.15) is 24.1 Å². The molecule has 5 nitrogen and oxygen atoms in total. The van der Waals surface area contributed by atoms with Gasteiger partial charge in [-0.1, -0.05) is 12.1 Å². The highest BCUT2D eigenvalue weighted by Gasteiger charge is 2.11. The van der Waals surface area contributed by atoms with Crippen LogP contribution in [0.5, 0.6) is 11.5 Å². The Kier molecular flexibility index (Phi) is 4.55. The highest BCUT2D eigenvalue weighted by molar-refractivity contribution is 5.46. The first-order valence-corrected chi connectivity index (χ1v) is 6.71. The minimum Gasteiger partial charge on any atom is -0.457 e. The van der Waals surface area contributed by atoms with Crippen molar-refractivity contribution >= 4 is 5.69 Å². The van der Waals surface area contributed by atoms with Crippen LogP contribution in [0.4, 0.5) is 5.69 Å². The van der Waals surface area contributed by atoms with Crippen molar-refractivity contribution in [1.82, 2.24) is 5.32 Å². The van der Waals surface area contributed by atoms with Crippen molar-refractivity contribution in [2.45, 2.75) is 19.9 Å². The minimum absolute atomic E-state index is 0.0235. The lowest BCUT2D eigenvalue weighted by atomic mass is 10.1. The average Bonchev–Trinajstić information content (AvgIpc) is 2.48. The molecule has 5 heteroatoms. The van der Waals surface area contributed by atoms with Crippen LogP contribution in [0.25, 0.3) is 0 Å². The van der Waals surface area contributed by atoms with Crippen LogP contribution in [0.15, 0.2) is 42.5 Å². The number of rotatable bonds is 5. The van der Waals surface area contributed by atoms with Crippen molar-refractivity contribution in [3.63, 3.8) is 0 Å². The van der Waals surface area contributed by atoms with Crippen LogP contribution in [-0.2, 0) is 0 Å². The smallest absolute Gasteiger partial charge is 0.273 e. The van der Waals surface area contributed by atoms with Crippen molar-refractivity contribution in [3.8, 4) is 11.5 Å². The number of hydrogen-bond acceptors (Lipinski definition) is 4. The average molecular weight is 286 g/mol. The van der Waals surface area contributed by atoms with Gasteiger partial charge in [0, 0.05) is 12.1 Å². The van der Waals surface area contributed by atoms with E-state index in [-0.39, 0.29) is 11.7 Å². The highest BCUT2D eigenvalue weighted by atomic mass is 16.6. The van der Waals surface area contributed by atoms with E-state index in [0.717, 1.165) is 11.1 Å². The lowest BCUT2D eigenvalue weighted by molar-refractivity contribution is -0.384. The predicted octanol–water partition coefficient (Wildman–Crippen LogP) is 3.98. The summed E-state index contributed by atoms with van der Waals surface area (Å²) in [6.45, 7) is 3.91. The number of benzene rings is 2. The van der Waals surface area contributed by atoms with Crippen LogP contribution in [-0.4, -0.2) is 12.0 Å². The molecule has 0 aliphatic carbocycles. The number of nitro groups is 1. The molecule has 0 aliphatic rings. The van der Waals surface area contributed by atoms with Gasteiger partial charge in [0.05, 0.1) is 11.0 Å². The van der Waals surface area contributed by atoms with Crippen LogP contribution in [0, 0.1) is 17.0 Å². The number of non-ortho nitro benzene ring substituents is 1. The van der Waals surface area contributed by atoms with Crippen molar-refractivity contribution in [2.75, 3.05) is 7.05 Å². The maximum atomic E-state index is 10.8. The molecule has 1 atom stereocenters. The number of nitrogens with one attached hydrogen (secondary N) is 1. The summed E-state index contributed by atoms with van der Waals surface area (Å²) in [6, 6.07) is 12.5. The second kappa shape index (κ2) is 6.37. The molecule has 0 fully saturated rings. The lowest BCUT2D eigenvalue weighted by Crippen LogP contribution is -2.12. The quantitative estimate of drug-likeness (QED) is 0.667. The SMILES string of the molecule is CNC(C)c1cccc(Oc2cc([N+](=O)[O-])ccc2C)c1. The van der Waals surface area contributed by atoms with E-state index >= 15 is 0 Å². The number of aryl methyl sites for hydroxylation is 1. The summed E-state index contributed by atoms with van der Waals surface area (Å²) >= 11 is 0. The van der Waals surface area contributed by atoms with E-state index < -0.39 is 4.92 Å². The Bertz CT molecular complexity index is 656. The highest BCUT2D eigenvalue weighted by Crippen LogP contribution is 2.30. The molecule has 0 aromatic heterocycles. The molecule has 110 valence electrons. The zero-order valence-corrected chi connectivity index (χ0v) is 12.3. The molecule has 0 aliphatic heterocycles. The second-order valence-corrected chi connectivity index (χ2v) is 4.89. The van der Waals surface area contributed by atoms with Gasteiger partial charge >= 0.3 is 0 Å². The maximum absolute atomic E-state index is 10.8. The summed E-state index contributed by atoms with van der Waals surface area (Å²) in [7, 11) is 1.89. The number of nitrogens with zero attached hydrogens (tertiary/aromatic N) is 1. The fourth-order valence-corrected chi connectivity index (χ4v) is 1.95. The first-order chi connectivity index (χ1) is 10.0. The van der Waals surface area contributed by atoms with Crippen molar-refractivity contribution < 1.29 is 9.66 Å². The Labute approximate surface area is 123 Å². The number of hydrogen-bond donors (Lipinski definition) is 1. The molecule has 0 bridgehead atoms. The van der Waals surface area contributed by atoms with E-state index in [1.54, 1.807) is 6.07 Å². The number of nitro benzene ring substituents is 1. The Morgan fingerprint density at radius 2 is 2.00 bits per heavy atom. The van der Waals surface area contributed by atoms with Gasteiger partial charge in [-0.2, -0.15) is 0 Å². The third kappa shape index (κ3) is 3.58. The van der Waals surface area contributed by atoms with Gasteiger partial charge in [-0.25, -0.2) is 0 Å². The molecule has 2 aromatic carbocycles. The van der Waals surface area contributed by atoms with Gasteiger partial charge < -0.3 is 10.1 Å². The Balaban J connectivity index is 2.29. The van der Waals surface area contributed by atoms with E-state index in [9.17, 15) is 10.1 Å². The van der Waals surface area contributed by atoms with Gasteiger partial charge in [-0.05, 0) is 50.2 Å². The van der Waals surface area contributed by atoms with Gasteiger partial charge in [-0.3, -0.25) is 10.1 Å². The van der Waals surface area contributed by atoms with Gasteiger partial charge in [0.25, 0.3) is 5.69 Å². The topological polar surface area (TPSA) is 64.4 Å². The maximum Gasteiger partial charge on any atom is 0.273 e. The fraction of sp³-hybridized carbons (Fsp3) is 0.250.